The number of benzene rings is 1. The molecular weight excluding hydrogens is 280 g/mol. The zero-order valence-corrected chi connectivity index (χ0v) is 12.6. The largest absolute Gasteiger partial charge is 0.465 e. The Kier molecular flexibility index (Phi) is 5.25. The van der Waals surface area contributed by atoms with Gasteiger partial charge in [-0.05, 0) is 24.6 Å². The second-order valence-electron chi connectivity index (χ2n) is 4.97. The van der Waals surface area contributed by atoms with E-state index in [4.69, 9.17) is 0 Å². The van der Waals surface area contributed by atoms with Crippen LogP contribution in [0.2, 0.25) is 0 Å². The van der Waals surface area contributed by atoms with Gasteiger partial charge in [-0.25, -0.2) is 4.79 Å². The smallest absolute Gasteiger partial charge is 0.337 e. The maximum atomic E-state index is 11.9. The van der Waals surface area contributed by atoms with Gasteiger partial charge in [-0.3, -0.25) is 9.78 Å². The minimum Gasteiger partial charge on any atom is -0.465 e. The van der Waals surface area contributed by atoms with Gasteiger partial charge in [0.05, 0.1) is 31.3 Å². The molecule has 0 saturated heterocycles. The molecule has 0 atom stereocenters. The van der Waals surface area contributed by atoms with E-state index < -0.39 is 5.97 Å². The quantitative estimate of drug-likeness (QED) is 0.858. The number of aromatic nitrogens is 1. The zero-order valence-electron chi connectivity index (χ0n) is 12.6. The standard InChI is InChI=1S/C17H18N2O3/c1-12-3-5-13(6-4-12)9-16(20)19-11-15-10-14(7-8-18-15)17(21)22-2/h3-8,10H,9,11H2,1-2H3,(H,19,20). The fourth-order valence-electron chi connectivity index (χ4n) is 1.96. The van der Waals surface area contributed by atoms with E-state index in [-0.39, 0.29) is 12.5 Å². The van der Waals surface area contributed by atoms with Gasteiger partial charge < -0.3 is 10.1 Å². The summed E-state index contributed by atoms with van der Waals surface area (Å²) in [5, 5.41) is 2.79. The van der Waals surface area contributed by atoms with Crippen molar-refractivity contribution in [3.8, 4) is 0 Å². The van der Waals surface area contributed by atoms with Gasteiger partial charge in [0.1, 0.15) is 0 Å². The van der Waals surface area contributed by atoms with Crippen LogP contribution in [0, 0.1) is 6.92 Å². The van der Waals surface area contributed by atoms with Crippen molar-refractivity contribution in [1.82, 2.24) is 10.3 Å². The lowest BCUT2D eigenvalue weighted by Crippen LogP contribution is -2.25. The van der Waals surface area contributed by atoms with Crippen LogP contribution in [0.15, 0.2) is 42.6 Å². The van der Waals surface area contributed by atoms with Crippen LogP contribution in [0.25, 0.3) is 0 Å². The number of hydrogen-bond acceptors (Lipinski definition) is 4. The van der Waals surface area contributed by atoms with Crippen LogP contribution >= 0.6 is 0 Å². The molecule has 0 saturated carbocycles. The lowest BCUT2D eigenvalue weighted by Gasteiger charge is -2.06. The molecule has 1 heterocycles. The van der Waals surface area contributed by atoms with Crippen molar-refractivity contribution in [2.24, 2.45) is 0 Å². The molecule has 0 fully saturated rings. The molecule has 2 rings (SSSR count). The normalized spacial score (nSPS) is 10.1. The molecule has 1 aromatic heterocycles. The van der Waals surface area contributed by atoms with Crippen molar-refractivity contribution >= 4 is 11.9 Å². The third-order valence-corrected chi connectivity index (χ3v) is 3.19. The number of aryl methyl sites for hydroxylation is 1. The van der Waals surface area contributed by atoms with Crippen LogP contribution in [-0.2, 0) is 22.5 Å². The number of nitrogens with zero attached hydrogens (tertiary/aromatic N) is 1. The fourth-order valence-corrected chi connectivity index (χ4v) is 1.96. The molecule has 1 aromatic carbocycles. The first-order valence-electron chi connectivity index (χ1n) is 6.94. The molecule has 5 heteroatoms. The van der Waals surface area contributed by atoms with Gasteiger partial charge in [0.15, 0.2) is 0 Å². The van der Waals surface area contributed by atoms with Crippen molar-refractivity contribution < 1.29 is 14.3 Å². The van der Waals surface area contributed by atoms with Crippen molar-refractivity contribution in [3.63, 3.8) is 0 Å². The maximum absolute atomic E-state index is 11.9. The van der Waals surface area contributed by atoms with Gasteiger partial charge in [-0.15, -0.1) is 0 Å². The molecule has 114 valence electrons. The Morgan fingerprint density at radius 3 is 2.59 bits per heavy atom. The summed E-state index contributed by atoms with van der Waals surface area (Å²) in [5.41, 5.74) is 3.15. The van der Waals surface area contributed by atoms with E-state index in [9.17, 15) is 9.59 Å². The summed E-state index contributed by atoms with van der Waals surface area (Å²) in [6.45, 7) is 2.28. The molecule has 2 aromatic rings. The van der Waals surface area contributed by atoms with Crippen molar-refractivity contribution in [2.75, 3.05) is 7.11 Å². The Hall–Kier alpha value is -2.69. The first kappa shape index (κ1) is 15.7. The number of carbonyl (C=O) groups excluding carboxylic acids is 2. The van der Waals surface area contributed by atoms with Crippen LogP contribution in [0.4, 0.5) is 0 Å². The Morgan fingerprint density at radius 2 is 1.91 bits per heavy atom. The lowest BCUT2D eigenvalue weighted by molar-refractivity contribution is -0.120. The van der Waals surface area contributed by atoms with Gasteiger partial charge in [0, 0.05) is 6.20 Å². The van der Waals surface area contributed by atoms with Gasteiger partial charge in [-0.2, -0.15) is 0 Å². The highest BCUT2D eigenvalue weighted by atomic mass is 16.5. The topological polar surface area (TPSA) is 68.3 Å². The predicted octanol–water partition coefficient (Wildman–Crippen LogP) is 2.04. The Morgan fingerprint density at radius 1 is 1.18 bits per heavy atom. The predicted molar refractivity (Wildman–Crippen MR) is 82.3 cm³/mol. The number of rotatable bonds is 5. The van der Waals surface area contributed by atoms with Crippen LogP contribution in [0.5, 0.6) is 0 Å². The fraction of sp³-hybridized carbons (Fsp3) is 0.235. The van der Waals surface area contributed by atoms with E-state index in [1.807, 2.05) is 31.2 Å². The number of amides is 1. The highest BCUT2D eigenvalue weighted by Crippen LogP contribution is 2.05. The SMILES string of the molecule is COC(=O)c1ccnc(CNC(=O)Cc2ccc(C)cc2)c1. The average molecular weight is 298 g/mol. The molecule has 0 bridgehead atoms. The van der Waals surface area contributed by atoms with E-state index in [0.717, 1.165) is 11.1 Å². The second-order valence-corrected chi connectivity index (χ2v) is 4.97. The maximum Gasteiger partial charge on any atom is 0.337 e. The number of methoxy groups -OCH3 is 1. The first-order chi connectivity index (χ1) is 10.6. The summed E-state index contributed by atoms with van der Waals surface area (Å²) >= 11 is 0. The van der Waals surface area contributed by atoms with Gasteiger partial charge in [0.25, 0.3) is 0 Å². The average Bonchev–Trinajstić information content (AvgIpc) is 2.54. The highest BCUT2D eigenvalue weighted by Gasteiger charge is 2.08. The number of hydrogen-bond donors (Lipinski definition) is 1. The van der Waals surface area contributed by atoms with Gasteiger partial charge >= 0.3 is 5.97 Å². The van der Waals surface area contributed by atoms with Crippen molar-refractivity contribution in [3.05, 3.63) is 65.0 Å². The molecule has 5 nitrogen and oxygen atoms in total. The summed E-state index contributed by atoms with van der Waals surface area (Å²) in [5.74, 6) is -0.510. The number of pyridine rings is 1. The molecule has 0 aliphatic carbocycles. The zero-order chi connectivity index (χ0) is 15.9. The van der Waals surface area contributed by atoms with Crippen LogP contribution in [0.3, 0.4) is 0 Å². The molecule has 0 spiro atoms. The van der Waals surface area contributed by atoms with E-state index in [2.05, 4.69) is 15.0 Å². The molecule has 22 heavy (non-hydrogen) atoms. The summed E-state index contributed by atoms with van der Waals surface area (Å²) in [4.78, 5) is 27.5. The Balaban J connectivity index is 1.91. The van der Waals surface area contributed by atoms with Gasteiger partial charge in [-0.1, -0.05) is 29.8 Å². The van der Waals surface area contributed by atoms with Crippen LogP contribution in [0.1, 0.15) is 27.2 Å². The summed E-state index contributed by atoms with van der Waals surface area (Å²) in [6.07, 6.45) is 1.84. The Labute approximate surface area is 129 Å². The van der Waals surface area contributed by atoms with Gasteiger partial charge in [0.2, 0.25) is 5.91 Å². The molecule has 0 aliphatic heterocycles. The summed E-state index contributed by atoms with van der Waals surface area (Å²) < 4.78 is 4.65. The third-order valence-electron chi connectivity index (χ3n) is 3.19. The molecule has 0 unspecified atom stereocenters. The molecule has 1 amide bonds. The van der Waals surface area contributed by atoms with E-state index in [0.29, 0.717) is 17.7 Å². The highest BCUT2D eigenvalue weighted by molar-refractivity contribution is 5.89. The van der Waals surface area contributed by atoms with Crippen LogP contribution in [-0.4, -0.2) is 24.0 Å². The number of ether oxygens (including phenoxy) is 1. The molecule has 1 N–H and O–H groups in total. The number of carbonyl (C=O) groups is 2. The Bertz CT molecular complexity index is 666. The van der Waals surface area contributed by atoms with E-state index in [1.165, 1.54) is 13.3 Å². The molecule has 0 aliphatic rings. The number of nitrogens with one attached hydrogen (secondary N) is 1. The van der Waals surface area contributed by atoms with Crippen molar-refractivity contribution in [1.29, 1.82) is 0 Å². The molecule has 0 radical (unpaired) electrons. The van der Waals surface area contributed by atoms with E-state index in [1.54, 1.807) is 12.1 Å². The molecular formula is C17H18N2O3. The summed E-state index contributed by atoms with van der Waals surface area (Å²) in [6, 6.07) is 11.0. The van der Waals surface area contributed by atoms with Crippen molar-refractivity contribution in [2.45, 2.75) is 19.9 Å². The minimum atomic E-state index is -0.422. The second kappa shape index (κ2) is 7.36. The van der Waals surface area contributed by atoms with E-state index >= 15 is 0 Å². The summed E-state index contributed by atoms with van der Waals surface area (Å²) in [7, 11) is 1.33. The lowest BCUT2D eigenvalue weighted by atomic mass is 10.1. The van der Waals surface area contributed by atoms with Crippen LogP contribution < -0.4 is 5.32 Å². The first-order valence-corrected chi connectivity index (χ1v) is 6.94. The number of esters is 1. The monoisotopic (exact) mass is 298 g/mol. The third kappa shape index (κ3) is 4.41. The minimum absolute atomic E-state index is 0.0888.